The summed E-state index contributed by atoms with van der Waals surface area (Å²) in [6.45, 7) is 1.74. The van der Waals surface area contributed by atoms with Gasteiger partial charge in [0.2, 0.25) is 6.10 Å². The average Bonchev–Trinajstić information content (AvgIpc) is 2.72. The fraction of sp³-hybridized carbons (Fsp3) is 0.238. The first-order chi connectivity index (χ1) is 13.6. The van der Waals surface area contributed by atoms with Crippen LogP contribution in [0.25, 0.3) is 6.08 Å². The van der Waals surface area contributed by atoms with Gasteiger partial charge in [0.25, 0.3) is 5.91 Å². The molecular formula is C21H19ClFNO4. The highest BCUT2D eigenvalue weighted by Crippen LogP contribution is 2.23. The highest BCUT2D eigenvalue weighted by molar-refractivity contribution is 6.32. The Labute approximate surface area is 167 Å². The highest BCUT2D eigenvalue weighted by atomic mass is 35.5. The molecule has 1 amide bonds. The van der Waals surface area contributed by atoms with Crippen molar-refractivity contribution < 1.29 is 23.5 Å². The van der Waals surface area contributed by atoms with Gasteiger partial charge in [0.1, 0.15) is 5.82 Å². The molecule has 0 N–H and O–H groups in total. The number of esters is 1. The van der Waals surface area contributed by atoms with Crippen LogP contribution in [0.15, 0.2) is 54.6 Å². The molecule has 1 aliphatic heterocycles. The minimum atomic E-state index is -1.09. The number of ether oxygens (including phenoxy) is 2. The van der Waals surface area contributed by atoms with Crippen LogP contribution in [-0.2, 0) is 19.1 Å². The molecule has 0 aliphatic carbocycles. The summed E-state index contributed by atoms with van der Waals surface area (Å²) >= 11 is 5.95. The van der Waals surface area contributed by atoms with Crippen molar-refractivity contribution in [3.05, 3.63) is 76.6 Å². The molecule has 0 bridgehead atoms. The summed E-state index contributed by atoms with van der Waals surface area (Å²) in [7, 11) is 0. The van der Waals surface area contributed by atoms with Gasteiger partial charge < -0.3 is 14.4 Å². The monoisotopic (exact) mass is 403 g/mol. The molecule has 0 spiro atoms. The Kier molecular flexibility index (Phi) is 6.79. The summed E-state index contributed by atoms with van der Waals surface area (Å²) in [5.41, 5.74) is 0.640. The van der Waals surface area contributed by atoms with E-state index in [2.05, 4.69) is 0 Å². The van der Waals surface area contributed by atoms with E-state index >= 15 is 0 Å². The SMILES string of the molecule is O=C(/C=C/c1c(F)cccc1Cl)O[C@H](C(=O)N1CCOCC1)c1ccccc1. The molecule has 0 unspecified atom stereocenters. The Bertz CT molecular complexity index is 846. The number of amides is 1. The molecule has 0 aromatic heterocycles. The van der Waals surface area contributed by atoms with Crippen LogP contribution in [0.1, 0.15) is 17.2 Å². The maximum absolute atomic E-state index is 13.8. The molecule has 1 atom stereocenters. The van der Waals surface area contributed by atoms with Gasteiger partial charge in [-0.1, -0.05) is 48.0 Å². The molecule has 146 valence electrons. The predicted molar refractivity (Wildman–Crippen MR) is 103 cm³/mol. The number of carbonyl (C=O) groups excluding carboxylic acids is 2. The van der Waals surface area contributed by atoms with Gasteiger partial charge in [-0.15, -0.1) is 0 Å². The zero-order valence-electron chi connectivity index (χ0n) is 15.0. The topological polar surface area (TPSA) is 55.8 Å². The van der Waals surface area contributed by atoms with Crippen molar-refractivity contribution in [3.63, 3.8) is 0 Å². The van der Waals surface area contributed by atoms with E-state index in [1.807, 2.05) is 6.07 Å². The third-order valence-corrected chi connectivity index (χ3v) is 4.60. The van der Waals surface area contributed by atoms with Gasteiger partial charge in [-0.05, 0) is 18.2 Å². The number of morpholine rings is 1. The van der Waals surface area contributed by atoms with Crippen molar-refractivity contribution >= 4 is 29.6 Å². The van der Waals surface area contributed by atoms with Crippen LogP contribution in [-0.4, -0.2) is 43.1 Å². The quantitative estimate of drug-likeness (QED) is 0.565. The first kappa shape index (κ1) is 20.0. The first-order valence-corrected chi connectivity index (χ1v) is 9.18. The van der Waals surface area contributed by atoms with Crippen molar-refractivity contribution in [1.29, 1.82) is 0 Å². The lowest BCUT2D eigenvalue weighted by Gasteiger charge is -2.30. The fourth-order valence-corrected chi connectivity index (χ4v) is 3.04. The van der Waals surface area contributed by atoms with Crippen LogP contribution in [0.4, 0.5) is 4.39 Å². The van der Waals surface area contributed by atoms with E-state index in [1.54, 1.807) is 29.2 Å². The highest BCUT2D eigenvalue weighted by Gasteiger charge is 2.30. The lowest BCUT2D eigenvalue weighted by Crippen LogP contribution is -2.44. The van der Waals surface area contributed by atoms with Crippen molar-refractivity contribution in [1.82, 2.24) is 4.90 Å². The van der Waals surface area contributed by atoms with Gasteiger partial charge in [0, 0.05) is 30.3 Å². The number of carbonyl (C=O) groups is 2. The van der Waals surface area contributed by atoms with E-state index in [-0.39, 0.29) is 16.5 Å². The van der Waals surface area contributed by atoms with Gasteiger partial charge in [0.05, 0.1) is 18.2 Å². The number of benzene rings is 2. The molecule has 3 rings (SSSR count). The fourth-order valence-electron chi connectivity index (χ4n) is 2.82. The second-order valence-electron chi connectivity index (χ2n) is 6.13. The largest absolute Gasteiger partial charge is 0.444 e. The van der Waals surface area contributed by atoms with E-state index in [0.717, 1.165) is 6.08 Å². The van der Waals surface area contributed by atoms with Crippen LogP contribution in [0, 0.1) is 5.82 Å². The van der Waals surface area contributed by atoms with Gasteiger partial charge in [-0.3, -0.25) is 4.79 Å². The molecule has 5 nitrogen and oxygen atoms in total. The van der Waals surface area contributed by atoms with Crippen molar-refractivity contribution in [3.8, 4) is 0 Å². The van der Waals surface area contributed by atoms with Gasteiger partial charge >= 0.3 is 5.97 Å². The number of halogens is 2. The van der Waals surface area contributed by atoms with Crippen molar-refractivity contribution in [2.75, 3.05) is 26.3 Å². The molecule has 0 radical (unpaired) electrons. The van der Waals surface area contributed by atoms with Crippen LogP contribution in [0.3, 0.4) is 0 Å². The van der Waals surface area contributed by atoms with Crippen molar-refractivity contribution in [2.24, 2.45) is 0 Å². The molecule has 1 saturated heterocycles. The Balaban J connectivity index is 1.78. The smallest absolute Gasteiger partial charge is 0.331 e. The number of hydrogen-bond acceptors (Lipinski definition) is 4. The van der Waals surface area contributed by atoms with Gasteiger partial charge in [-0.2, -0.15) is 0 Å². The zero-order valence-corrected chi connectivity index (χ0v) is 15.8. The standard InChI is InChI=1S/C21H19ClFNO4/c22-17-7-4-8-18(23)16(17)9-10-19(25)28-20(15-5-2-1-3-6-15)21(26)24-11-13-27-14-12-24/h1-10,20H,11-14H2/b10-9+/t20-/m0/s1. The normalized spacial score (nSPS) is 15.4. The Hall–Kier alpha value is -2.70. The van der Waals surface area contributed by atoms with E-state index in [1.165, 1.54) is 24.3 Å². The molecule has 1 fully saturated rings. The third kappa shape index (κ3) is 4.97. The minimum Gasteiger partial charge on any atom is -0.444 e. The second-order valence-corrected chi connectivity index (χ2v) is 6.54. The summed E-state index contributed by atoms with van der Waals surface area (Å²) in [5, 5.41) is 0.174. The number of nitrogens with zero attached hydrogens (tertiary/aromatic N) is 1. The van der Waals surface area contributed by atoms with Crippen LogP contribution >= 0.6 is 11.6 Å². The Morgan fingerprint density at radius 1 is 1.11 bits per heavy atom. The predicted octanol–water partition coefficient (Wildman–Crippen LogP) is 3.64. The minimum absolute atomic E-state index is 0.0804. The maximum atomic E-state index is 13.8. The van der Waals surface area contributed by atoms with Gasteiger partial charge in [-0.25, -0.2) is 9.18 Å². The molecule has 7 heteroatoms. The van der Waals surface area contributed by atoms with E-state index < -0.39 is 17.9 Å². The van der Waals surface area contributed by atoms with Gasteiger partial charge in [0.15, 0.2) is 0 Å². The molecule has 2 aromatic carbocycles. The van der Waals surface area contributed by atoms with Crippen molar-refractivity contribution in [2.45, 2.75) is 6.10 Å². The number of rotatable bonds is 5. The second kappa shape index (κ2) is 9.48. The first-order valence-electron chi connectivity index (χ1n) is 8.80. The Morgan fingerprint density at radius 2 is 1.82 bits per heavy atom. The van der Waals surface area contributed by atoms with E-state index in [0.29, 0.717) is 31.9 Å². The molecule has 28 heavy (non-hydrogen) atoms. The summed E-state index contributed by atoms with van der Waals surface area (Å²) in [4.78, 5) is 26.8. The van der Waals surface area contributed by atoms with E-state index in [9.17, 15) is 14.0 Å². The van der Waals surface area contributed by atoms with Crippen LogP contribution in [0.5, 0.6) is 0 Å². The van der Waals surface area contributed by atoms with E-state index in [4.69, 9.17) is 21.1 Å². The molecule has 2 aromatic rings. The summed E-state index contributed by atoms with van der Waals surface area (Å²) in [6, 6.07) is 13.0. The average molecular weight is 404 g/mol. The lowest BCUT2D eigenvalue weighted by molar-refractivity contribution is -0.159. The lowest BCUT2D eigenvalue weighted by atomic mass is 10.1. The molecule has 1 heterocycles. The summed E-state index contributed by atoms with van der Waals surface area (Å²) < 4.78 is 24.5. The van der Waals surface area contributed by atoms with Crippen LogP contribution in [0.2, 0.25) is 5.02 Å². The molecule has 0 saturated carbocycles. The van der Waals surface area contributed by atoms with Crippen LogP contribution < -0.4 is 0 Å². The summed E-state index contributed by atoms with van der Waals surface area (Å²) in [6.07, 6.45) is 1.21. The molecule has 1 aliphatic rings. The summed E-state index contributed by atoms with van der Waals surface area (Å²) in [5.74, 6) is -1.64. The third-order valence-electron chi connectivity index (χ3n) is 4.27. The Morgan fingerprint density at radius 3 is 2.50 bits per heavy atom. The number of hydrogen-bond donors (Lipinski definition) is 0. The maximum Gasteiger partial charge on any atom is 0.331 e. The molecular weight excluding hydrogens is 385 g/mol. The zero-order chi connectivity index (χ0) is 19.9.